The van der Waals surface area contributed by atoms with Crippen LogP contribution < -0.4 is 10.2 Å². The number of hydrogen-bond donors (Lipinski definition) is 1. The maximum atomic E-state index is 13.5. The number of piperazine rings is 1. The summed E-state index contributed by atoms with van der Waals surface area (Å²) in [4.78, 5) is 15.8. The van der Waals surface area contributed by atoms with Crippen molar-refractivity contribution in [2.75, 3.05) is 18.0 Å². The van der Waals surface area contributed by atoms with E-state index in [0.29, 0.717) is 12.1 Å². The summed E-state index contributed by atoms with van der Waals surface area (Å²) in [6.07, 6.45) is 4.45. The van der Waals surface area contributed by atoms with Crippen molar-refractivity contribution < 1.29 is 4.39 Å². The third-order valence-electron chi connectivity index (χ3n) is 5.92. The molecule has 1 N–H and O–H groups in total. The first-order chi connectivity index (χ1) is 14.3. The van der Waals surface area contributed by atoms with Crippen LogP contribution in [0.5, 0.6) is 0 Å². The van der Waals surface area contributed by atoms with Crippen LogP contribution in [0.3, 0.4) is 0 Å². The minimum absolute atomic E-state index is 0.265. The zero-order valence-corrected chi connectivity index (χ0v) is 15.7. The highest BCUT2D eigenvalue weighted by atomic mass is 19.1. The molecule has 6 rings (SSSR count). The van der Waals surface area contributed by atoms with E-state index in [1.165, 1.54) is 30.6 Å². The molecule has 4 aromatic rings. The van der Waals surface area contributed by atoms with Gasteiger partial charge in [0.25, 0.3) is 0 Å². The van der Waals surface area contributed by atoms with Crippen molar-refractivity contribution >= 4 is 16.7 Å². The lowest BCUT2D eigenvalue weighted by atomic mass is 10.2. The predicted molar refractivity (Wildman–Crippen MR) is 110 cm³/mol. The number of nitrogens with zero attached hydrogens (tertiary/aromatic N) is 5. The fourth-order valence-electron chi connectivity index (χ4n) is 4.56. The molecule has 2 aromatic carbocycles. The summed E-state index contributed by atoms with van der Waals surface area (Å²) in [6, 6.07) is 15.8. The molecule has 0 aliphatic carbocycles. The molecule has 2 aliphatic heterocycles. The first-order valence-electron chi connectivity index (χ1n) is 9.81. The van der Waals surface area contributed by atoms with Crippen LogP contribution in [0.25, 0.3) is 28.2 Å². The molecule has 144 valence electrons. The molecule has 2 bridgehead atoms. The number of fused-ring (bicyclic) bond motifs is 3. The molecule has 6 nitrogen and oxygen atoms in total. The summed E-state index contributed by atoms with van der Waals surface area (Å²) >= 11 is 0. The molecule has 0 spiro atoms. The number of anilines is 1. The van der Waals surface area contributed by atoms with Gasteiger partial charge in [-0.2, -0.15) is 0 Å². The molecule has 2 fully saturated rings. The van der Waals surface area contributed by atoms with E-state index in [4.69, 9.17) is 4.98 Å². The summed E-state index contributed by atoms with van der Waals surface area (Å²) in [6.45, 7) is 2.07. The number of halogens is 1. The van der Waals surface area contributed by atoms with Gasteiger partial charge in [0, 0.05) is 42.6 Å². The van der Waals surface area contributed by atoms with Gasteiger partial charge in [-0.25, -0.2) is 19.3 Å². The van der Waals surface area contributed by atoms with Crippen molar-refractivity contribution in [2.24, 2.45) is 0 Å². The molecule has 2 aliphatic rings. The Morgan fingerprint density at radius 3 is 2.69 bits per heavy atom. The maximum Gasteiger partial charge on any atom is 0.146 e. The fraction of sp³-hybridized carbons (Fsp3) is 0.227. The Hall–Kier alpha value is -3.32. The standard InChI is InChI=1S/C22H19FN6/c23-15-3-1-14(2-4-15)22-27-19-6-5-17(28-12-16-9-18(28)11-25-16)10-20(19)29(22)21-7-8-24-13-26-21/h1-8,10,13,16,18,25H,9,11-12H2. The molecule has 29 heavy (non-hydrogen) atoms. The number of imidazole rings is 1. The van der Waals surface area contributed by atoms with Crippen LogP contribution in [0.4, 0.5) is 10.1 Å². The van der Waals surface area contributed by atoms with Crippen molar-refractivity contribution in [2.45, 2.75) is 18.5 Å². The zero-order valence-electron chi connectivity index (χ0n) is 15.7. The topological polar surface area (TPSA) is 58.9 Å². The van der Waals surface area contributed by atoms with Crippen LogP contribution in [0.15, 0.2) is 61.1 Å². The SMILES string of the molecule is Fc1ccc(-c2nc3ccc(N4CC5CC4CN5)cc3n2-c2ccncn2)cc1. The summed E-state index contributed by atoms with van der Waals surface area (Å²) in [5.74, 6) is 1.21. The summed E-state index contributed by atoms with van der Waals surface area (Å²) in [5.41, 5.74) is 3.91. The van der Waals surface area contributed by atoms with Crippen LogP contribution >= 0.6 is 0 Å². The highest BCUT2D eigenvalue weighted by Crippen LogP contribution is 2.34. The number of nitrogens with one attached hydrogen (secondary N) is 1. The molecule has 7 heteroatoms. The summed E-state index contributed by atoms with van der Waals surface area (Å²) in [7, 11) is 0. The van der Waals surface area contributed by atoms with Crippen molar-refractivity contribution in [3.05, 3.63) is 66.9 Å². The second-order valence-corrected chi connectivity index (χ2v) is 7.67. The molecular weight excluding hydrogens is 367 g/mol. The van der Waals surface area contributed by atoms with E-state index in [0.717, 1.165) is 41.3 Å². The van der Waals surface area contributed by atoms with Crippen LogP contribution in [-0.2, 0) is 0 Å². The third-order valence-corrected chi connectivity index (χ3v) is 5.92. The average Bonchev–Trinajstić information content (AvgIpc) is 3.48. The van der Waals surface area contributed by atoms with Crippen LogP contribution in [0, 0.1) is 5.82 Å². The van der Waals surface area contributed by atoms with Gasteiger partial charge < -0.3 is 10.2 Å². The number of rotatable bonds is 3. The normalized spacial score (nSPS) is 20.7. The highest BCUT2D eigenvalue weighted by Gasteiger charge is 2.37. The second kappa shape index (κ2) is 6.35. The Bertz CT molecular complexity index is 1190. The van der Waals surface area contributed by atoms with Crippen LogP contribution in [0.2, 0.25) is 0 Å². The van der Waals surface area contributed by atoms with E-state index in [1.807, 2.05) is 10.6 Å². The minimum Gasteiger partial charge on any atom is -0.366 e. The molecule has 0 saturated carbocycles. The maximum absolute atomic E-state index is 13.5. The molecule has 2 atom stereocenters. The monoisotopic (exact) mass is 386 g/mol. The number of aromatic nitrogens is 4. The fourth-order valence-corrected chi connectivity index (χ4v) is 4.56. The van der Waals surface area contributed by atoms with Gasteiger partial charge in [-0.3, -0.25) is 4.57 Å². The quantitative estimate of drug-likeness (QED) is 0.586. The van der Waals surface area contributed by atoms with E-state index in [-0.39, 0.29) is 5.82 Å². The molecule has 2 unspecified atom stereocenters. The average molecular weight is 386 g/mol. The number of benzene rings is 2. The molecule has 2 saturated heterocycles. The van der Waals surface area contributed by atoms with Gasteiger partial charge in [-0.05, 0) is 55.0 Å². The first-order valence-corrected chi connectivity index (χ1v) is 9.81. The van der Waals surface area contributed by atoms with Gasteiger partial charge in [0.2, 0.25) is 0 Å². The number of hydrogen-bond acceptors (Lipinski definition) is 5. The van der Waals surface area contributed by atoms with E-state index >= 15 is 0 Å². The Labute approximate surface area is 167 Å². The molecule has 2 aromatic heterocycles. The zero-order chi connectivity index (χ0) is 19.4. The van der Waals surface area contributed by atoms with Gasteiger partial charge in [-0.15, -0.1) is 0 Å². The smallest absolute Gasteiger partial charge is 0.146 e. The largest absolute Gasteiger partial charge is 0.366 e. The lowest BCUT2D eigenvalue weighted by molar-refractivity contribution is 0.580. The van der Waals surface area contributed by atoms with E-state index in [1.54, 1.807) is 18.3 Å². The Morgan fingerprint density at radius 2 is 1.97 bits per heavy atom. The summed E-state index contributed by atoms with van der Waals surface area (Å²) < 4.78 is 15.5. The van der Waals surface area contributed by atoms with Crippen molar-refractivity contribution in [1.29, 1.82) is 0 Å². The highest BCUT2D eigenvalue weighted by molar-refractivity contribution is 5.86. The Morgan fingerprint density at radius 1 is 1.07 bits per heavy atom. The third kappa shape index (κ3) is 2.69. The van der Waals surface area contributed by atoms with Gasteiger partial charge in [0.1, 0.15) is 23.8 Å². The predicted octanol–water partition coefficient (Wildman–Crippen LogP) is 3.17. The van der Waals surface area contributed by atoms with Crippen molar-refractivity contribution in [3.8, 4) is 17.2 Å². The first kappa shape index (κ1) is 16.6. The van der Waals surface area contributed by atoms with E-state index in [9.17, 15) is 4.39 Å². The lowest BCUT2D eigenvalue weighted by Crippen LogP contribution is -2.43. The van der Waals surface area contributed by atoms with Crippen LogP contribution in [-0.4, -0.2) is 44.7 Å². The minimum atomic E-state index is -0.265. The molecular formula is C22H19FN6. The van der Waals surface area contributed by atoms with Gasteiger partial charge in [-0.1, -0.05) is 0 Å². The molecule has 0 radical (unpaired) electrons. The van der Waals surface area contributed by atoms with E-state index in [2.05, 4.69) is 38.4 Å². The van der Waals surface area contributed by atoms with Gasteiger partial charge in [0.15, 0.2) is 0 Å². The van der Waals surface area contributed by atoms with E-state index < -0.39 is 0 Å². The lowest BCUT2D eigenvalue weighted by Gasteiger charge is -2.29. The Kier molecular flexibility index (Phi) is 3.64. The van der Waals surface area contributed by atoms with Crippen LogP contribution in [0.1, 0.15) is 6.42 Å². The van der Waals surface area contributed by atoms with Crippen molar-refractivity contribution in [3.63, 3.8) is 0 Å². The summed E-state index contributed by atoms with van der Waals surface area (Å²) in [5, 5.41) is 3.55. The second-order valence-electron chi connectivity index (χ2n) is 7.67. The molecule has 4 heterocycles. The van der Waals surface area contributed by atoms with Gasteiger partial charge in [0.05, 0.1) is 11.0 Å². The Balaban J connectivity index is 1.55. The van der Waals surface area contributed by atoms with Gasteiger partial charge >= 0.3 is 0 Å². The van der Waals surface area contributed by atoms with Crippen molar-refractivity contribution in [1.82, 2.24) is 24.8 Å². The molecule has 0 amide bonds.